The number of nitro groups is 1. The van der Waals surface area contributed by atoms with Gasteiger partial charge in [0.15, 0.2) is 0 Å². The van der Waals surface area contributed by atoms with Crippen molar-refractivity contribution in [3.8, 4) is 5.75 Å². The van der Waals surface area contributed by atoms with Crippen LogP contribution >= 0.6 is 0 Å². The van der Waals surface area contributed by atoms with Crippen molar-refractivity contribution in [2.75, 3.05) is 6.61 Å². The van der Waals surface area contributed by atoms with Crippen molar-refractivity contribution >= 4 is 5.69 Å². The van der Waals surface area contributed by atoms with E-state index in [1.807, 2.05) is 31.2 Å². The number of rotatable bonds is 5. The molecule has 6 nitrogen and oxygen atoms in total. The van der Waals surface area contributed by atoms with Crippen molar-refractivity contribution in [3.05, 3.63) is 51.3 Å². The van der Waals surface area contributed by atoms with Crippen molar-refractivity contribution < 1.29 is 9.66 Å². The summed E-state index contributed by atoms with van der Waals surface area (Å²) < 4.78 is 7.24. The Morgan fingerprint density at radius 1 is 1.35 bits per heavy atom. The van der Waals surface area contributed by atoms with Crippen molar-refractivity contribution in [2.24, 2.45) is 0 Å². The van der Waals surface area contributed by atoms with Gasteiger partial charge in [0.05, 0.1) is 11.5 Å². The molecule has 6 heteroatoms. The third-order valence-corrected chi connectivity index (χ3v) is 3.09. The summed E-state index contributed by atoms with van der Waals surface area (Å²) in [4.78, 5) is 10.5. The van der Waals surface area contributed by atoms with Gasteiger partial charge in [-0.1, -0.05) is 12.1 Å². The van der Waals surface area contributed by atoms with Gasteiger partial charge in [-0.2, -0.15) is 5.10 Å². The highest BCUT2D eigenvalue weighted by molar-refractivity contribution is 5.39. The van der Waals surface area contributed by atoms with Gasteiger partial charge in [-0.3, -0.25) is 14.8 Å². The maximum atomic E-state index is 10.9. The molecule has 2 aromatic rings. The Bertz CT molecular complexity index is 635. The number of nitrogens with zero attached hydrogens (tertiary/aromatic N) is 3. The number of ether oxygens (including phenoxy) is 1. The molecule has 0 aliphatic carbocycles. The highest BCUT2D eigenvalue weighted by Gasteiger charge is 2.21. The number of hydrogen-bond donors (Lipinski definition) is 0. The zero-order valence-electron chi connectivity index (χ0n) is 11.8. The van der Waals surface area contributed by atoms with E-state index in [1.165, 1.54) is 0 Å². The quantitative estimate of drug-likeness (QED) is 0.621. The van der Waals surface area contributed by atoms with Gasteiger partial charge in [-0.05, 0) is 38.5 Å². The predicted octanol–water partition coefficient (Wildman–Crippen LogP) is 2.80. The molecule has 0 aliphatic rings. The summed E-state index contributed by atoms with van der Waals surface area (Å²) in [5, 5.41) is 15.1. The highest BCUT2D eigenvalue weighted by atomic mass is 16.6. The Morgan fingerprint density at radius 2 is 2.10 bits per heavy atom. The standard InChI is InChI=1S/C14H17N3O3/c1-10-5-4-6-13(9-10)20-8-7-16-12(3)14(17(18)19)11(2)15-16/h4-6,9H,7-8H2,1-3H3. The lowest BCUT2D eigenvalue weighted by Gasteiger charge is -2.07. The summed E-state index contributed by atoms with van der Waals surface area (Å²) in [5.74, 6) is 0.793. The summed E-state index contributed by atoms with van der Waals surface area (Å²) in [6, 6.07) is 7.76. The molecule has 0 radical (unpaired) electrons. The van der Waals surface area contributed by atoms with Crippen LogP contribution in [0.5, 0.6) is 5.75 Å². The molecule has 0 atom stereocenters. The summed E-state index contributed by atoms with van der Waals surface area (Å²) in [7, 11) is 0. The van der Waals surface area contributed by atoms with Gasteiger partial charge in [-0.15, -0.1) is 0 Å². The van der Waals surface area contributed by atoms with Gasteiger partial charge in [0.2, 0.25) is 0 Å². The topological polar surface area (TPSA) is 70.2 Å². The van der Waals surface area contributed by atoms with E-state index in [2.05, 4.69) is 5.10 Å². The van der Waals surface area contributed by atoms with Gasteiger partial charge < -0.3 is 4.74 Å². The van der Waals surface area contributed by atoms with Crippen LogP contribution < -0.4 is 4.74 Å². The number of hydrogen-bond acceptors (Lipinski definition) is 4. The number of aromatic nitrogens is 2. The highest BCUT2D eigenvalue weighted by Crippen LogP contribution is 2.21. The first-order chi connectivity index (χ1) is 9.49. The fourth-order valence-electron chi connectivity index (χ4n) is 2.12. The first-order valence-corrected chi connectivity index (χ1v) is 6.37. The van der Waals surface area contributed by atoms with E-state index in [4.69, 9.17) is 4.74 Å². The molecule has 0 spiro atoms. The maximum absolute atomic E-state index is 10.9. The minimum Gasteiger partial charge on any atom is -0.492 e. The van der Waals surface area contributed by atoms with Crippen LogP contribution in [-0.4, -0.2) is 21.3 Å². The molecule has 0 bridgehead atoms. The molecular weight excluding hydrogens is 258 g/mol. The van der Waals surface area contributed by atoms with Crippen molar-refractivity contribution in [1.82, 2.24) is 9.78 Å². The smallest absolute Gasteiger partial charge is 0.312 e. The molecule has 1 heterocycles. The Kier molecular flexibility index (Phi) is 4.02. The molecule has 0 saturated carbocycles. The molecule has 0 unspecified atom stereocenters. The van der Waals surface area contributed by atoms with Crippen molar-refractivity contribution in [2.45, 2.75) is 27.3 Å². The minimum absolute atomic E-state index is 0.0838. The fourth-order valence-corrected chi connectivity index (χ4v) is 2.12. The van der Waals surface area contributed by atoms with Gasteiger partial charge >= 0.3 is 5.69 Å². The maximum Gasteiger partial charge on any atom is 0.312 e. The van der Waals surface area contributed by atoms with Crippen LogP contribution in [0.3, 0.4) is 0 Å². The largest absolute Gasteiger partial charge is 0.492 e. The molecule has 0 aliphatic heterocycles. The van der Waals surface area contributed by atoms with Gasteiger partial charge in [-0.25, -0.2) is 0 Å². The molecule has 20 heavy (non-hydrogen) atoms. The molecule has 0 amide bonds. The van der Waals surface area contributed by atoms with Gasteiger partial charge in [0, 0.05) is 0 Å². The lowest BCUT2D eigenvalue weighted by atomic mass is 10.2. The van der Waals surface area contributed by atoms with E-state index >= 15 is 0 Å². The molecular formula is C14H17N3O3. The summed E-state index contributed by atoms with van der Waals surface area (Å²) in [6.45, 7) is 6.24. The minimum atomic E-state index is -0.393. The van der Waals surface area contributed by atoms with Crippen LogP contribution in [0.1, 0.15) is 17.0 Å². The van der Waals surface area contributed by atoms with Crippen LogP contribution in [0.15, 0.2) is 24.3 Å². The fraction of sp³-hybridized carbons (Fsp3) is 0.357. The Labute approximate surface area is 117 Å². The predicted molar refractivity (Wildman–Crippen MR) is 75.0 cm³/mol. The van der Waals surface area contributed by atoms with E-state index in [0.717, 1.165) is 11.3 Å². The van der Waals surface area contributed by atoms with Crippen LogP contribution in [0.4, 0.5) is 5.69 Å². The third-order valence-electron chi connectivity index (χ3n) is 3.09. The van der Waals surface area contributed by atoms with Crippen molar-refractivity contribution in [3.63, 3.8) is 0 Å². The van der Waals surface area contributed by atoms with E-state index < -0.39 is 4.92 Å². The molecule has 106 valence electrons. The Hall–Kier alpha value is -2.37. The summed E-state index contributed by atoms with van der Waals surface area (Å²) in [6.07, 6.45) is 0. The van der Waals surface area contributed by atoms with Gasteiger partial charge in [0.25, 0.3) is 0 Å². The van der Waals surface area contributed by atoms with Crippen molar-refractivity contribution in [1.29, 1.82) is 0 Å². The first kappa shape index (κ1) is 14.0. The Morgan fingerprint density at radius 3 is 2.70 bits per heavy atom. The number of benzene rings is 1. The summed E-state index contributed by atoms with van der Waals surface area (Å²) in [5.41, 5.74) is 2.20. The van der Waals surface area contributed by atoms with Crippen LogP contribution in [0, 0.1) is 30.9 Å². The molecule has 1 aromatic carbocycles. The van der Waals surface area contributed by atoms with Crippen LogP contribution in [-0.2, 0) is 6.54 Å². The monoisotopic (exact) mass is 275 g/mol. The average Bonchev–Trinajstić information content (AvgIpc) is 2.64. The second-order valence-corrected chi connectivity index (χ2v) is 4.66. The van der Waals surface area contributed by atoms with Crippen LogP contribution in [0.25, 0.3) is 0 Å². The SMILES string of the molecule is Cc1cccc(OCCn2nc(C)c([N+](=O)[O-])c2C)c1. The van der Waals surface area contributed by atoms with Crippen LogP contribution in [0.2, 0.25) is 0 Å². The molecule has 0 N–H and O–H groups in total. The molecule has 0 saturated heterocycles. The van der Waals surface area contributed by atoms with E-state index in [0.29, 0.717) is 24.5 Å². The van der Waals surface area contributed by atoms with Gasteiger partial charge in [0.1, 0.15) is 23.7 Å². The molecule has 2 rings (SSSR count). The average molecular weight is 275 g/mol. The zero-order valence-corrected chi connectivity index (χ0v) is 11.8. The first-order valence-electron chi connectivity index (χ1n) is 6.37. The lowest BCUT2D eigenvalue weighted by Crippen LogP contribution is -2.11. The second kappa shape index (κ2) is 5.73. The lowest BCUT2D eigenvalue weighted by molar-refractivity contribution is -0.386. The second-order valence-electron chi connectivity index (χ2n) is 4.66. The normalized spacial score (nSPS) is 10.6. The molecule has 0 fully saturated rings. The Balaban J connectivity index is 2.01. The third kappa shape index (κ3) is 2.96. The summed E-state index contributed by atoms with van der Waals surface area (Å²) >= 11 is 0. The molecule has 1 aromatic heterocycles. The zero-order chi connectivity index (χ0) is 14.7. The van der Waals surface area contributed by atoms with E-state index in [-0.39, 0.29) is 5.69 Å². The van der Waals surface area contributed by atoms with E-state index in [9.17, 15) is 10.1 Å². The van der Waals surface area contributed by atoms with E-state index in [1.54, 1.807) is 18.5 Å². The number of aryl methyl sites for hydroxylation is 2.